The van der Waals surface area contributed by atoms with Crippen LogP contribution in [0.2, 0.25) is 0 Å². The third kappa shape index (κ3) is 4.50. The molecule has 18 heavy (non-hydrogen) atoms. The number of hydrogen-bond acceptors (Lipinski definition) is 3. The molecule has 0 aromatic heterocycles. The fourth-order valence-corrected chi connectivity index (χ4v) is 3.87. The predicted octanol–water partition coefficient (Wildman–Crippen LogP) is 1.08. The molecule has 0 amide bonds. The third-order valence-electron chi connectivity index (χ3n) is 3.47. The van der Waals surface area contributed by atoms with Crippen molar-refractivity contribution in [3.8, 4) is 0 Å². The highest BCUT2D eigenvalue weighted by Gasteiger charge is 2.30. The first-order valence-corrected chi connectivity index (χ1v) is 8.29. The van der Waals surface area contributed by atoms with Crippen LogP contribution in [-0.4, -0.2) is 44.4 Å². The van der Waals surface area contributed by atoms with Gasteiger partial charge in [0, 0.05) is 25.2 Å². The molecule has 108 valence electrons. The molecule has 0 atom stereocenters. The second-order valence-electron chi connectivity index (χ2n) is 5.36. The molecule has 0 bridgehead atoms. The molecule has 0 aliphatic heterocycles. The lowest BCUT2D eigenvalue weighted by atomic mass is 9.91. The van der Waals surface area contributed by atoms with Crippen molar-refractivity contribution in [1.29, 1.82) is 0 Å². The van der Waals surface area contributed by atoms with Crippen molar-refractivity contribution in [2.45, 2.75) is 64.6 Å². The van der Waals surface area contributed by atoms with Crippen LogP contribution in [0.1, 0.15) is 46.5 Å². The van der Waals surface area contributed by atoms with Gasteiger partial charge in [0.15, 0.2) is 0 Å². The van der Waals surface area contributed by atoms with Crippen LogP contribution in [0.15, 0.2) is 0 Å². The Bertz CT molecular complexity index is 335. The highest BCUT2D eigenvalue weighted by molar-refractivity contribution is 7.87. The van der Waals surface area contributed by atoms with Gasteiger partial charge in [0.25, 0.3) is 10.2 Å². The number of rotatable bonds is 6. The molecule has 1 fully saturated rings. The smallest absolute Gasteiger partial charge is 0.279 e. The lowest BCUT2D eigenvalue weighted by Gasteiger charge is -2.34. The van der Waals surface area contributed by atoms with Crippen LogP contribution >= 0.6 is 0 Å². The second-order valence-corrected chi connectivity index (χ2v) is 7.12. The zero-order chi connectivity index (χ0) is 13.8. The Kier molecular flexibility index (Phi) is 6.04. The predicted molar refractivity (Wildman–Crippen MR) is 74.7 cm³/mol. The van der Waals surface area contributed by atoms with Crippen LogP contribution < -0.4 is 10.0 Å². The first-order chi connectivity index (χ1) is 8.36. The summed E-state index contributed by atoms with van der Waals surface area (Å²) < 4.78 is 28.2. The SMILES string of the molecule is CCNC1CCC(N(C)S(=O)(=O)NC(C)C)CC1. The normalized spacial score (nSPS) is 25.9. The van der Waals surface area contributed by atoms with E-state index >= 15 is 0 Å². The summed E-state index contributed by atoms with van der Waals surface area (Å²) in [4.78, 5) is 0. The largest absolute Gasteiger partial charge is 0.314 e. The standard InChI is InChI=1S/C12H27N3O2S/c1-5-13-11-6-8-12(9-7-11)15(4)18(16,17)14-10(2)3/h10-14H,5-9H2,1-4H3. The topological polar surface area (TPSA) is 61.4 Å². The van der Waals surface area contributed by atoms with Gasteiger partial charge in [0.05, 0.1) is 0 Å². The van der Waals surface area contributed by atoms with Crippen LogP contribution in [0, 0.1) is 0 Å². The molecule has 0 aromatic rings. The van der Waals surface area contributed by atoms with Crippen LogP contribution in [0.3, 0.4) is 0 Å². The van der Waals surface area contributed by atoms with Gasteiger partial charge in [-0.05, 0) is 46.1 Å². The molecule has 0 saturated heterocycles. The summed E-state index contributed by atoms with van der Waals surface area (Å²) in [7, 11) is -1.64. The third-order valence-corrected chi connectivity index (χ3v) is 5.29. The van der Waals surface area contributed by atoms with E-state index in [9.17, 15) is 8.42 Å². The fourth-order valence-electron chi connectivity index (χ4n) is 2.51. The summed E-state index contributed by atoms with van der Waals surface area (Å²) >= 11 is 0. The summed E-state index contributed by atoms with van der Waals surface area (Å²) in [5.74, 6) is 0. The maximum atomic E-state index is 12.0. The van der Waals surface area contributed by atoms with Gasteiger partial charge in [-0.2, -0.15) is 17.4 Å². The van der Waals surface area contributed by atoms with Crippen molar-refractivity contribution in [3.63, 3.8) is 0 Å². The first-order valence-electron chi connectivity index (χ1n) is 6.85. The summed E-state index contributed by atoms with van der Waals surface area (Å²) in [5.41, 5.74) is 0. The van der Waals surface area contributed by atoms with Crippen LogP contribution in [0.4, 0.5) is 0 Å². The lowest BCUT2D eigenvalue weighted by Crippen LogP contribution is -2.48. The van der Waals surface area contributed by atoms with E-state index in [2.05, 4.69) is 17.0 Å². The molecule has 0 aromatic carbocycles. The molecule has 0 spiro atoms. The molecule has 1 saturated carbocycles. The van der Waals surface area contributed by atoms with E-state index < -0.39 is 10.2 Å². The Hall–Kier alpha value is -0.170. The van der Waals surface area contributed by atoms with Gasteiger partial charge in [-0.25, -0.2) is 0 Å². The molecular formula is C12H27N3O2S. The first kappa shape index (κ1) is 15.9. The van der Waals surface area contributed by atoms with Gasteiger partial charge in [-0.3, -0.25) is 0 Å². The van der Waals surface area contributed by atoms with Gasteiger partial charge in [-0.15, -0.1) is 0 Å². The number of hydrogen-bond donors (Lipinski definition) is 2. The number of nitrogens with zero attached hydrogens (tertiary/aromatic N) is 1. The van der Waals surface area contributed by atoms with Crippen LogP contribution in [0.5, 0.6) is 0 Å². The minimum Gasteiger partial charge on any atom is -0.314 e. The highest BCUT2D eigenvalue weighted by Crippen LogP contribution is 2.23. The minimum atomic E-state index is -3.33. The van der Waals surface area contributed by atoms with E-state index in [-0.39, 0.29) is 12.1 Å². The molecule has 5 nitrogen and oxygen atoms in total. The van der Waals surface area contributed by atoms with Crippen LogP contribution in [-0.2, 0) is 10.2 Å². The Morgan fingerprint density at radius 1 is 1.22 bits per heavy atom. The van der Waals surface area contributed by atoms with Crippen molar-refractivity contribution >= 4 is 10.2 Å². The van der Waals surface area contributed by atoms with E-state index in [0.717, 1.165) is 32.2 Å². The van der Waals surface area contributed by atoms with Gasteiger partial charge in [-0.1, -0.05) is 6.92 Å². The molecular weight excluding hydrogens is 250 g/mol. The van der Waals surface area contributed by atoms with Gasteiger partial charge in [0.1, 0.15) is 0 Å². The van der Waals surface area contributed by atoms with E-state index in [1.165, 1.54) is 4.31 Å². The molecule has 1 aliphatic rings. The summed E-state index contributed by atoms with van der Waals surface area (Å²) in [5, 5.41) is 3.43. The Balaban J connectivity index is 2.51. The van der Waals surface area contributed by atoms with Gasteiger partial charge in [0.2, 0.25) is 0 Å². The average Bonchev–Trinajstić information content (AvgIpc) is 2.28. The van der Waals surface area contributed by atoms with E-state index in [0.29, 0.717) is 6.04 Å². The Morgan fingerprint density at radius 3 is 2.22 bits per heavy atom. The quantitative estimate of drug-likeness (QED) is 0.764. The van der Waals surface area contributed by atoms with Gasteiger partial charge >= 0.3 is 0 Å². The molecule has 0 radical (unpaired) electrons. The van der Waals surface area contributed by atoms with Crippen molar-refractivity contribution < 1.29 is 8.42 Å². The molecule has 0 unspecified atom stereocenters. The zero-order valence-electron chi connectivity index (χ0n) is 11.9. The summed E-state index contributed by atoms with van der Waals surface area (Å²) in [6, 6.07) is 0.632. The molecule has 6 heteroatoms. The summed E-state index contributed by atoms with van der Waals surface area (Å²) in [6.07, 6.45) is 3.99. The Morgan fingerprint density at radius 2 is 1.78 bits per heavy atom. The van der Waals surface area contributed by atoms with Gasteiger partial charge < -0.3 is 5.32 Å². The average molecular weight is 277 g/mol. The Labute approximate surface area is 112 Å². The van der Waals surface area contributed by atoms with Crippen molar-refractivity contribution in [2.75, 3.05) is 13.6 Å². The van der Waals surface area contributed by atoms with E-state index in [1.54, 1.807) is 7.05 Å². The van der Waals surface area contributed by atoms with Crippen molar-refractivity contribution in [3.05, 3.63) is 0 Å². The summed E-state index contributed by atoms with van der Waals surface area (Å²) in [6.45, 7) is 6.77. The van der Waals surface area contributed by atoms with E-state index in [1.807, 2.05) is 13.8 Å². The fraction of sp³-hybridized carbons (Fsp3) is 1.00. The maximum Gasteiger partial charge on any atom is 0.279 e. The molecule has 2 N–H and O–H groups in total. The second kappa shape index (κ2) is 6.84. The monoisotopic (exact) mass is 277 g/mol. The maximum absolute atomic E-state index is 12.0. The van der Waals surface area contributed by atoms with Crippen molar-refractivity contribution in [1.82, 2.24) is 14.3 Å². The zero-order valence-corrected chi connectivity index (χ0v) is 12.8. The lowest BCUT2D eigenvalue weighted by molar-refractivity contribution is 0.248. The molecule has 0 heterocycles. The minimum absolute atomic E-state index is 0.0597. The number of nitrogens with one attached hydrogen (secondary N) is 2. The highest BCUT2D eigenvalue weighted by atomic mass is 32.2. The molecule has 1 aliphatic carbocycles. The molecule has 1 rings (SSSR count). The van der Waals surface area contributed by atoms with E-state index in [4.69, 9.17) is 0 Å². The van der Waals surface area contributed by atoms with Crippen molar-refractivity contribution in [2.24, 2.45) is 0 Å². The van der Waals surface area contributed by atoms with Crippen LogP contribution in [0.25, 0.3) is 0 Å².